The number of carbonyl (C=O) groups is 1. The third-order valence-electron chi connectivity index (χ3n) is 2.07. The largest absolute Gasteiger partial charge is 0.476 e. The molecule has 16 heavy (non-hydrogen) atoms. The molecule has 2 heterocycles. The third-order valence-corrected chi connectivity index (χ3v) is 2.45. The van der Waals surface area contributed by atoms with Crippen molar-refractivity contribution in [2.75, 3.05) is 0 Å². The molecule has 0 unspecified atom stereocenters. The van der Waals surface area contributed by atoms with E-state index in [4.69, 9.17) is 16.7 Å². The van der Waals surface area contributed by atoms with Gasteiger partial charge in [0.25, 0.3) is 0 Å². The lowest BCUT2D eigenvalue weighted by Gasteiger charge is -2.03. The number of aromatic carboxylic acids is 1. The van der Waals surface area contributed by atoms with Gasteiger partial charge in [-0.3, -0.25) is 0 Å². The predicted molar refractivity (Wildman–Crippen MR) is 58.1 cm³/mol. The molecular weight excluding hydrogens is 230 g/mol. The number of hydrogen-bond acceptors (Lipinski definition) is 3. The summed E-state index contributed by atoms with van der Waals surface area (Å²) in [7, 11) is 0. The Labute approximate surface area is 96.3 Å². The molecule has 2 aromatic heterocycles. The molecular formula is C10H8ClN3O2. The van der Waals surface area contributed by atoms with Gasteiger partial charge >= 0.3 is 5.97 Å². The maximum atomic E-state index is 11.0. The molecule has 0 aliphatic rings. The maximum absolute atomic E-state index is 11.0. The van der Waals surface area contributed by atoms with Crippen molar-refractivity contribution in [3.8, 4) is 5.69 Å². The van der Waals surface area contributed by atoms with Crippen LogP contribution >= 0.6 is 11.6 Å². The molecule has 0 aromatic carbocycles. The van der Waals surface area contributed by atoms with Gasteiger partial charge in [-0.05, 0) is 19.1 Å². The van der Waals surface area contributed by atoms with Crippen molar-refractivity contribution in [3.63, 3.8) is 0 Å². The number of halogens is 1. The number of aromatic nitrogens is 3. The minimum absolute atomic E-state index is 0.0540. The van der Waals surface area contributed by atoms with E-state index in [1.54, 1.807) is 25.3 Å². The van der Waals surface area contributed by atoms with Gasteiger partial charge in [-0.15, -0.1) is 0 Å². The van der Waals surface area contributed by atoms with Crippen LogP contribution in [0.2, 0.25) is 5.02 Å². The molecule has 0 radical (unpaired) electrons. The summed E-state index contributed by atoms with van der Waals surface area (Å²) in [5.41, 5.74) is 0.980. The Bertz CT molecular complexity index is 531. The van der Waals surface area contributed by atoms with Crippen molar-refractivity contribution < 1.29 is 9.90 Å². The van der Waals surface area contributed by atoms with Crippen LogP contribution in [0.25, 0.3) is 5.69 Å². The van der Waals surface area contributed by atoms with Crippen molar-refractivity contribution in [3.05, 3.63) is 40.9 Å². The Morgan fingerprint density at radius 2 is 2.31 bits per heavy atom. The van der Waals surface area contributed by atoms with Crippen LogP contribution in [-0.4, -0.2) is 25.8 Å². The smallest absolute Gasteiger partial charge is 0.356 e. The Morgan fingerprint density at radius 3 is 2.88 bits per heavy atom. The van der Waals surface area contributed by atoms with E-state index in [-0.39, 0.29) is 5.69 Å². The van der Waals surface area contributed by atoms with Gasteiger partial charge in [0.1, 0.15) is 0 Å². The first-order valence-corrected chi connectivity index (χ1v) is 4.88. The zero-order valence-electron chi connectivity index (χ0n) is 8.38. The lowest BCUT2D eigenvalue weighted by molar-refractivity contribution is 0.0690. The summed E-state index contributed by atoms with van der Waals surface area (Å²) in [4.78, 5) is 14.7. The number of carboxylic acids is 1. The Hall–Kier alpha value is -1.88. The topological polar surface area (TPSA) is 68.0 Å². The zero-order valence-corrected chi connectivity index (χ0v) is 9.14. The van der Waals surface area contributed by atoms with Crippen LogP contribution < -0.4 is 0 Å². The SMILES string of the molecule is Cc1nn(-c2cccnc2C(=O)O)cc1Cl. The lowest BCUT2D eigenvalue weighted by Crippen LogP contribution is -2.08. The van der Waals surface area contributed by atoms with Crippen LogP contribution in [0.4, 0.5) is 0 Å². The molecule has 0 amide bonds. The first-order valence-electron chi connectivity index (χ1n) is 4.50. The summed E-state index contributed by atoms with van der Waals surface area (Å²) in [6, 6.07) is 3.27. The molecule has 0 aliphatic heterocycles. The second-order valence-corrected chi connectivity index (χ2v) is 3.59. The highest BCUT2D eigenvalue weighted by Crippen LogP contribution is 2.17. The van der Waals surface area contributed by atoms with Gasteiger partial charge < -0.3 is 5.11 Å². The number of rotatable bonds is 2. The zero-order chi connectivity index (χ0) is 11.7. The van der Waals surface area contributed by atoms with Crippen LogP contribution in [0.3, 0.4) is 0 Å². The van der Waals surface area contributed by atoms with E-state index in [1.807, 2.05) is 0 Å². The van der Waals surface area contributed by atoms with Crippen LogP contribution in [0.1, 0.15) is 16.2 Å². The van der Waals surface area contributed by atoms with Gasteiger partial charge in [0.05, 0.1) is 16.4 Å². The minimum Gasteiger partial charge on any atom is -0.476 e. The number of nitrogens with zero attached hydrogens (tertiary/aromatic N) is 3. The van der Waals surface area contributed by atoms with Gasteiger partial charge in [-0.1, -0.05) is 11.6 Å². The fourth-order valence-corrected chi connectivity index (χ4v) is 1.44. The standard InChI is InChI=1S/C10H8ClN3O2/c1-6-7(11)5-14(13-6)8-3-2-4-12-9(8)10(15)16/h2-5H,1H3,(H,15,16). The lowest BCUT2D eigenvalue weighted by atomic mass is 10.3. The number of aryl methyl sites for hydroxylation is 1. The van der Waals surface area contributed by atoms with Gasteiger partial charge in [0, 0.05) is 12.4 Å². The van der Waals surface area contributed by atoms with E-state index in [2.05, 4.69) is 10.1 Å². The molecule has 2 aromatic rings. The van der Waals surface area contributed by atoms with Gasteiger partial charge in [-0.2, -0.15) is 5.10 Å². The fourth-order valence-electron chi connectivity index (χ4n) is 1.31. The normalized spacial score (nSPS) is 10.4. The molecule has 2 rings (SSSR count). The van der Waals surface area contributed by atoms with E-state index in [0.29, 0.717) is 16.4 Å². The molecule has 82 valence electrons. The van der Waals surface area contributed by atoms with Gasteiger partial charge in [-0.25, -0.2) is 14.5 Å². The average molecular weight is 238 g/mol. The summed E-state index contributed by atoms with van der Waals surface area (Å²) in [5.74, 6) is -1.10. The molecule has 6 heteroatoms. The Kier molecular flexibility index (Phi) is 2.62. The quantitative estimate of drug-likeness (QED) is 0.867. The van der Waals surface area contributed by atoms with Crippen LogP contribution in [0, 0.1) is 6.92 Å². The number of pyridine rings is 1. The summed E-state index contributed by atoms with van der Waals surface area (Å²) in [6.45, 7) is 1.75. The average Bonchev–Trinajstić information content (AvgIpc) is 2.59. The third kappa shape index (κ3) is 1.77. The molecule has 0 bridgehead atoms. The van der Waals surface area contributed by atoms with Crippen LogP contribution in [0.15, 0.2) is 24.5 Å². The maximum Gasteiger partial charge on any atom is 0.356 e. The van der Waals surface area contributed by atoms with Crippen LogP contribution in [0.5, 0.6) is 0 Å². The Morgan fingerprint density at radius 1 is 1.56 bits per heavy atom. The van der Waals surface area contributed by atoms with E-state index in [1.165, 1.54) is 10.9 Å². The molecule has 0 atom stereocenters. The van der Waals surface area contributed by atoms with E-state index >= 15 is 0 Å². The first kappa shape index (κ1) is 10.6. The van der Waals surface area contributed by atoms with Crippen molar-refractivity contribution in [1.29, 1.82) is 0 Å². The van der Waals surface area contributed by atoms with E-state index < -0.39 is 5.97 Å². The summed E-state index contributed by atoms with van der Waals surface area (Å²) >= 11 is 5.86. The van der Waals surface area contributed by atoms with Crippen molar-refractivity contribution >= 4 is 17.6 Å². The molecule has 0 saturated heterocycles. The highest BCUT2D eigenvalue weighted by molar-refractivity contribution is 6.31. The summed E-state index contributed by atoms with van der Waals surface area (Å²) in [6.07, 6.45) is 2.98. The fraction of sp³-hybridized carbons (Fsp3) is 0.100. The number of hydrogen-bond donors (Lipinski definition) is 1. The second kappa shape index (κ2) is 3.94. The second-order valence-electron chi connectivity index (χ2n) is 3.18. The summed E-state index contributed by atoms with van der Waals surface area (Å²) < 4.78 is 1.41. The molecule has 5 nitrogen and oxygen atoms in total. The number of carboxylic acid groups (broad SMARTS) is 1. The van der Waals surface area contributed by atoms with E-state index in [0.717, 1.165) is 0 Å². The molecule has 0 spiro atoms. The monoisotopic (exact) mass is 237 g/mol. The molecule has 0 aliphatic carbocycles. The van der Waals surface area contributed by atoms with Gasteiger partial charge in [0.15, 0.2) is 5.69 Å². The Balaban J connectivity index is 2.59. The van der Waals surface area contributed by atoms with Crippen molar-refractivity contribution in [2.45, 2.75) is 6.92 Å². The van der Waals surface area contributed by atoms with Gasteiger partial charge in [0.2, 0.25) is 0 Å². The van der Waals surface area contributed by atoms with Crippen molar-refractivity contribution in [2.24, 2.45) is 0 Å². The molecule has 1 N–H and O–H groups in total. The van der Waals surface area contributed by atoms with Crippen LogP contribution in [-0.2, 0) is 0 Å². The molecule has 0 saturated carbocycles. The first-order chi connectivity index (χ1) is 7.59. The highest BCUT2D eigenvalue weighted by Gasteiger charge is 2.14. The summed E-state index contributed by atoms with van der Waals surface area (Å²) in [5, 5.41) is 13.6. The van der Waals surface area contributed by atoms with E-state index in [9.17, 15) is 4.79 Å². The molecule has 0 fully saturated rings. The predicted octanol–water partition coefficient (Wildman–Crippen LogP) is 1.93. The van der Waals surface area contributed by atoms with Crippen molar-refractivity contribution in [1.82, 2.24) is 14.8 Å². The minimum atomic E-state index is -1.10. The highest BCUT2D eigenvalue weighted by atomic mass is 35.5.